The quantitative estimate of drug-likeness (QED) is 0.873. The van der Waals surface area contributed by atoms with E-state index in [2.05, 4.69) is 38.1 Å². The van der Waals surface area contributed by atoms with Gasteiger partial charge in [0.05, 0.1) is 16.8 Å². The molecule has 0 saturated heterocycles. The fraction of sp³-hybridized carbons (Fsp3) is 0.692. The standard InChI is InChI=1S/C13H20BrN3O/c1-3-7-15-13-11(14)10(8-18-2)16-12(17-13)9-5-4-6-9/h9H,3-8H2,1-2H3,(H,15,16,17). The second kappa shape index (κ2) is 6.48. The molecule has 0 aromatic carbocycles. The maximum atomic E-state index is 5.21. The molecule has 5 heteroatoms. The van der Waals surface area contributed by atoms with Gasteiger partial charge in [-0.1, -0.05) is 13.3 Å². The Bertz CT molecular complexity index is 407. The van der Waals surface area contributed by atoms with Crippen LogP contribution in [0.4, 0.5) is 5.82 Å². The summed E-state index contributed by atoms with van der Waals surface area (Å²) in [5, 5.41) is 3.35. The summed E-state index contributed by atoms with van der Waals surface area (Å²) in [5.41, 5.74) is 0.938. The highest BCUT2D eigenvalue weighted by Gasteiger charge is 2.24. The molecule has 2 rings (SSSR count). The third kappa shape index (κ3) is 3.01. The second-order valence-corrected chi connectivity index (χ2v) is 5.47. The van der Waals surface area contributed by atoms with Crippen LogP contribution in [0, 0.1) is 0 Å². The van der Waals surface area contributed by atoms with Gasteiger partial charge < -0.3 is 10.1 Å². The van der Waals surface area contributed by atoms with Crippen LogP contribution in [0.3, 0.4) is 0 Å². The highest BCUT2D eigenvalue weighted by atomic mass is 79.9. The number of methoxy groups -OCH3 is 1. The number of nitrogens with zero attached hydrogens (tertiary/aromatic N) is 2. The lowest BCUT2D eigenvalue weighted by atomic mass is 9.85. The highest BCUT2D eigenvalue weighted by Crippen LogP contribution is 2.36. The van der Waals surface area contributed by atoms with E-state index in [1.54, 1.807) is 7.11 Å². The van der Waals surface area contributed by atoms with Gasteiger partial charge in [-0.2, -0.15) is 0 Å². The zero-order valence-corrected chi connectivity index (χ0v) is 12.6. The van der Waals surface area contributed by atoms with Crippen molar-refractivity contribution < 1.29 is 4.74 Å². The normalized spacial score (nSPS) is 15.5. The van der Waals surface area contributed by atoms with E-state index in [1.165, 1.54) is 19.3 Å². The third-order valence-electron chi connectivity index (χ3n) is 3.23. The van der Waals surface area contributed by atoms with Crippen LogP contribution < -0.4 is 5.32 Å². The van der Waals surface area contributed by atoms with E-state index in [4.69, 9.17) is 4.74 Å². The summed E-state index contributed by atoms with van der Waals surface area (Å²) in [7, 11) is 1.69. The molecule has 18 heavy (non-hydrogen) atoms. The number of hydrogen-bond donors (Lipinski definition) is 1. The van der Waals surface area contributed by atoms with Crippen molar-refractivity contribution in [2.45, 2.75) is 45.1 Å². The monoisotopic (exact) mass is 313 g/mol. The van der Waals surface area contributed by atoms with E-state index in [0.717, 1.165) is 34.8 Å². The SMILES string of the molecule is CCCNc1nc(C2CCC2)nc(COC)c1Br. The number of halogens is 1. The molecule has 0 atom stereocenters. The first-order valence-electron chi connectivity index (χ1n) is 6.55. The third-order valence-corrected chi connectivity index (χ3v) is 4.06. The van der Waals surface area contributed by atoms with E-state index < -0.39 is 0 Å². The largest absolute Gasteiger partial charge is 0.378 e. The highest BCUT2D eigenvalue weighted by molar-refractivity contribution is 9.10. The maximum Gasteiger partial charge on any atom is 0.144 e. The Morgan fingerprint density at radius 1 is 1.39 bits per heavy atom. The van der Waals surface area contributed by atoms with E-state index in [-0.39, 0.29) is 0 Å². The maximum absolute atomic E-state index is 5.21. The zero-order chi connectivity index (χ0) is 13.0. The smallest absolute Gasteiger partial charge is 0.144 e. The van der Waals surface area contributed by atoms with Crippen molar-refractivity contribution in [1.29, 1.82) is 0 Å². The predicted octanol–water partition coefficient (Wildman–Crippen LogP) is 3.47. The molecule has 4 nitrogen and oxygen atoms in total. The van der Waals surface area contributed by atoms with Crippen LogP contribution >= 0.6 is 15.9 Å². The molecule has 1 aliphatic rings. The zero-order valence-electron chi connectivity index (χ0n) is 11.0. The minimum absolute atomic E-state index is 0.517. The Morgan fingerprint density at radius 2 is 2.17 bits per heavy atom. The fourth-order valence-corrected chi connectivity index (χ4v) is 2.39. The Labute approximate surface area is 117 Å². The average molecular weight is 314 g/mol. The summed E-state index contributed by atoms with van der Waals surface area (Å²) in [4.78, 5) is 9.28. The van der Waals surface area contributed by atoms with Crippen molar-refractivity contribution in [1.82, 2.24) is 9.97 Å². The van der Waals surface area contributed by atoms with E-state index in [0.29, 0.717) is 12.5 Å². The Kier molecular flexibility index (Phi) is 4.95. The Morgan fingerprint density at radius 3 is 2.72 bits per heavy atom. The molecule has 1 heterocycles. The van der Waals surface area contributed by atoms with Gasteiger partial charge in [0.15, 0.2) is 0 Å². The van der Waals surface area contributed by atoms with Crippen molar-refractivity contribution in [2.24, 2.45) is 0 Å². The first kappa shape index (κ1) is 13.7. The summed E-state index contributed by atoms with van der Waals surface area (Å²) in [5.74, 6) is 2.41. The lowest BCUT2D eigenvalue weighted by molar-refractivity contribution is 0.180. The van der Waals surface area contributed by atoms with Gasteiger partial charge in [0, 0.05) is 19.6 Å². The molecule has 1 aliphatic carbocycles. The molecule has 100 valence electrons. The van der Waals surface area contributed by atoms with Gasteiger partial charge in [0.25, 0.3) is 0 Å². The number of anilines is 1. The molecule has 1 aromatic rings. The summed E-state index contributed by atoms with van der Waals surface area (Å²) >= 11 is 3.57. The van der Waals surface area contributed by atoms with Gasteiger partial charge in [-0.25, -0.2) is 9.97 Å². The van der Waals surface area contributed by atoms with Crippen molar-refractivity contribution >= 4 is 21.7 Å². The van der Waals surface area contributed by atoms with Crippen LogP contribution in [0.25, 0.3) is 0 Å². The summed E-state index contributed by atoms with van der Waals surface area (Å²) in [6.45, 7) is 3.58. The van der Waals surface area contributed by atoms with Crippen LogP contribution in [0.2, 0.25) is 0 Å². The van der Waals surface area contributed by atoms with E-state index in [1.807, 2.05) is 0 Å². The summed E-state index contributed by atoms with van der Waals surface area (Å²) < 4.78 is 6.14. The van der Waals surface area contributed by atoms with Crippen molar-refractivity contribution in [2.75, 3.05) is 19.0 Å². The molecule has 1 N–H and O–H groups in total. The van der Waals surface area contributed by atoms with Crippen molar-refractivity contribution in [3.63, 3.8) is 0 Å². The van der Waals surface area contributed by atoms with Crippen LogP contribution in [0.5, 0.6) is 0 Å². The summed E-state index contributed by atoms with van der Waals surface area (Å²) in [6, 6.07) is 0. The lowest BCUT2D eigenvalue weighted by Crippen LogP contribution is -2.16. The average Bonchev–Trinajstić information content (AvgIpc) is 2.29. The number of ether oxygens (including phenoxy) is 1. The first-order valence-corrected chi connectivity index (χ1v) is 7.34. The van der Waals surface area contributed by atoms with Crippen molar-refractivity contribution in [3.05, 3.63) is 16.0 Å². The molecule has 0 aliphatic heterocycles. The number of hydrogen-bond acceptors (Lipinski definition) is 4. The Balaban J connectivity index is 2.27. The molecule has 0 amide bonds. The van der Waals surface area contributed by atoms with Crippen LogP contribution in [0.1, 0.15) is 50.0 Å². The van der Waals surface area contributed by atoms with Gasteiger partial charge in [-0.3, -0.25) is 0 Å². The molecule has 0 bridgehead atoms. The predicted molar refractivity (Wildman–Crippen MR) is 75.8 cm³/mol. The van der Waals surface area contributed by atoms with Gasteiger partial charge in [0.1, 0.15) is 11.6 Å². The second-order valence-electron chi connectivity index (χ2n) is 4.68. The minimum Gasteiger partial charge on any atom is -0.378 e. The minimum atomic E-state index is 0.517. The fourth-order valence-electron chi connectivity index (χ4n) is 1.95. The summed E-state index contributed by atoms with van der Waals surface area (Å²) in [6.07, 6.45) is 4.79. The molecule has 1 aromatic heterocycles. The van der Waals surface area contributed by atoms with Gasteiger partial charge in [-0.05, 0) is 35.2 Å². The van der Waals surface area contributed by atoms with E-state index >= 15 is 0 Å². The van der Waals surface area contributed by atoms with Gasteiger partial charge >= 0.3 is 0 Å². The first-order chi connectivity index (χ1) is 8.76. The topological polar surface area (TPSA) is 47.0 Å². The van der Waals surface area contributed by atoms with Crippen LogP contribution in [-0.4, -0.2) is 23.6 Å². The molecule has 1 saturated carbocycles. The number of rotatable bonds is 6. The van der Waals surface area contributed by atoms with Gasteiger partial charge in [0.2, 0.25) is 0 Å². The molecular formula is C13H20BrN3O. The number of aromatic nitrogens is 2. The van der Waals surface area contributed by atoms with Gasteiger partial charge in [-0.15, -0.1) is 0 Å². The molecule has 0 unspecified atom stereocenters. The molecule has 0 radical (unpaired) electrons. The molecular weight excluding hydrogens is 294 g/mol. The van der Waals surface area contributed by atoms with E-state index in [9.17, 15) is 0 Å². The van der Waals surface area contributed by atoms with Crippen LogP contribution in [-0.2, 0) is 11.3 Å². The van der Waals surface area contributed by atoms with Crippen molar-refractivity contribution in [3.8, 4) is 0 Å². The Hall–Kier alpha value is -0.680. The molecule has 0 spiro atoms. The lowest BCUT2D eigenvalue weighted by Gasteiger charge is -2.25. The van der Waals surface area contributed by atoms with Crippen LogP contribution in [0.15, 0.2) is 4.47 Å². The molecule has 1 fully saturated rings. The number of nitrogens with one attached hydrogen (secondary N) is 1.